The molecule has 3 heterocycles. The van der Waals surface area contributed by atoms with E-state index in [-0.39, 0.29) is 37.0 Å². The lowest BCUT2D eigenvalue weighted by atomic mass is 9.83. The van der Waals surface area contributed by atoms with Gasteiger partial charge in [-0.1, -0.05) is 74.6 Å². The molecular formula is C43H61N7O6S. The number of rotatable bonds is 18. The SMILES string of the molecule is CN1CCN(C(=O)C[C@@H](Cc2cccc3ccccc23)C(=O)N[C@@H](Cc2cscn2)C(=O)N[C@@H](CC2CCCCC2)[C@@H](O)CC(=O)NCCN2CCOCC2)CC1. The van der Waals surface area contributed by atoms with E-state index >= 15 is 0 Å². The van der Waals surface area contributed by atoms with Crippen LogP contribution in [0.4, 0.5) is 0 Å². The van der Waals surface area contributed by atoms with Gasteiger partial charge in [0.2, 0.25) is 23.6 Å². The van der Waals surface area contributed by atoms with Gasteiger partial charge in [-0.2, -0.15) is 0 Å². The second-order valence-electron chi connectivity index (χ2n) is 16.1. The molecule has 0 radical (unpaired) electrons. The van der Waals surface area contributed by atoms with Gasteiger partial charge in [-0.05, 0) is 42.1 Å². The zero-order valence-corrected chi connectivity index (χ0v) is 34.2. The highest BCUT2D eigenvalue weighted by Crippen LogP contribution is 2.29. The first-order valence-electron chi connectivity index (χ1n) is 20.9. The van der Waals surface area contributed by atoms with E-state index in [1.807, 2.05) is 59.8 Å². The topological polar surface area (TPSA) is 156 Å². The van der Waals surface area contributed by atoms with Gasteiger partial charge in [0.05, 0.1) is 48.9 Å². The van der Waals surface area contributed by atoms with Crippen LogP contribution in [0.2, 0.25) is 0 Å². The highest BCUT2D eigenvalue weighted by molar-refractivity contribution is 7.07. The molecule has 2 aromatic carbocycles. The fourth-order valence-corrected chi connectivity index (χ4v) is 8.97. The number of nitrogens with zero attached hydrogens (tertiary/aromatic N) is 4. The van der Waals surface area contributed by atoms with Crippen molar-refractivity contribution in [2.45, 2.75) is 82.4 Å². The molecule has 0 unspecified atom stereocenters. The minimum absolute atomic E-state index is 0.00742. The Hall–Kier alpha value is -3.95. The number of benzene rings is 2. The first-order valence-corrected chi connectivity index (χ1v) is 21.8. The van der Waals surface area contributed by atoms with Crippen molar-refractivity contribution in [3.05, 3.63) is 64.6 Å². The van der Waals surface area contributed by atoms with Crippen LogP contribution < -0.4 is 16.0 Å². The second kappa shape index (κ2) is 21.7. The average Bonchev–Trinajstić information content (AvgIpc) is 3.74. The second-order valence-corrected chi connectivity index (χ2v) is 16.8. The molecular weight excluding hydrogens is 743 g/mol. The first-order chi connectivity index (χ1) is 27.7. The van der Waals surface area contributed by atoms with E-state index in [0.29, 0.717) is 63.8 Å². The maximum atomic E-state index is 14.5. The number of likely N-dealkylation sites (N-methyl/N-ethyl adjacent to an activating group) is 1. The summed E-state index contributed by atoms with van der Waals surface area (Å²) < 4.78 is 5.42. The molecule has 0 bridgehead atoms. The quantitative estimate of drug-likeness (QED) is 0.152. The average molecular weight is 804 g/mol. The van der Waals surface area contributed by atoms with Crippen molar-refractivity contribution < 1.29 is 29.0 Å². The minimum Gasteiger partial charge on any atom is -0.390 e. The van der Waals surface area contributed by atoms with Gasteiger partial charge >= 0.3 is 0 Å². The van der Waals surface area contributed by atoms with Crippen LogP contribution >= 0.6 is 11.3 Å². The van der Waals surface area contributed by atoms with Gasteiger partial charge < -0.3 is 35.6 Å². The van der Waals surface area contributed by atoms with Gasteiger partial charge in [0, 0.05) is 70.6 Å². The normalized spacial score (nSPS) is 19.4. The summed E-state index contributed by atoms with van der Waals surface area (Å²) in [5.74, 6) is -1.61. The number of carbonyl (C=O) groups excluding carboxylic acids is 4. The fourth-order valence-electron chi connectivity index (χ4n) is 8.40. The van der Waals surface area contributed by atoms with Gasteiger partial charge in [-0.3, -0.25) is 24.1 Å². The third kappa shape index (κ3) is 13.0. The lowest BCUT2D eigenvalue weighted by Crippen LogP contribution is -2.55. The number of hydrogen-bond donors (Lipinski definition) is 4. The van der Waals surface area contributed by atoms with E-state index in [1.165, 1.54) is 17.8 Å². The van der Waals surface area contributed by atoms with Crippen LogP contribution in [-0.4, -0.2) is 139 Å². The largest absolute Gasteiger partial charge is 0.390 e. The summed E-state index contributed by atoms with van der Waals surface area (Å²) in [4.78, 5) is 66.4. The van der Waals surface area contributed by atoms with Gasteiger partial charge in [-0.15, -0.1) is 11.3 Å². The summed E-state index contributed by atoms with van der Waals surface area (Å²) in [6, 6.07) is 12.3. The first kappa shape index (κ1) is 42.7. The molecule has 57 heavy (non-hydrogen) atoms. The number of piperazine rings is 1. The van der Waals surface area contributed by atoms with E-state index in [9.17, 15) is 24.3 Å². The maximum absolute atomic E-state index is 14.5. The predicted octanol–water partition coefficient (Wildman–Crippen LogP) is 3.00. The molecule has 13 nitrogen and oxygen atoms in total. The smallest absolute Gasteiger partial charge is 0.243 e. The molecule has 3 aliphatic rings. The number of morpholine rings is 1. The third-order valence-corrected chi connectivity index (χ3v) is 12.5. The van der Waals surface area contributed by atoms with Crippen LogP contribution in [-0.2, 0) is 36.8 Å². The number of amides is 4. The Kier molecular flexibility index (Phi) is 16.2. The summed E-state index contributed by atoms with van der Waals surface area (Å²) in [5, 5.41) is 24.6. The number of fused-ring (bicyclic) bond motifs is 1. The lowest BCUT2D eigenvalue weighted by Gasteiger charge is -2.33. The number of thiazole rings is 1. The van der Waals surface area contributed by atoms with E-state index in [4.69, 9.17) is 4.74 Å². The maximum Gasteiger partial charge on any atom is 0.243 e. The van der Waals surface area contributed by atoms with Crippen molar-refractivity contribution in [3.8, 4) is 0 Å². The molecule has 1 aromatic heterocycles. The zero-order valence-electron chi connectivity index (χ0n) is 33.4. The summed E-state index contributed by atoms with van der Waals surface area (Å²) in [6.07, 6.45) is 5.10. The number of aliphatic hydroxyl groups excluding tert-OH is 1. The van der Waals surface area contributed by atoms with Crippen LogP contribution in [0.15, 0.2) is 53.4 Å². The number of aliphatic hydroxyl groups is 1. The van der Waals surface area contributed by atoms with Gasteiger partial charge in [-0.25, -0.2) is 4.98 Å². The molecule has 14 heteroatoms. The van der Waals surface area contributed by atoms with Crippen LogP contribution in [0.25, 0.3) is 10.8 Å². The molecule has 3 aromatic rings. The molecule has 2 aliphatic heterocycles. The molecule has 0 spiro atoms. The van der Waals surface area contributed by atoms with Crippen molar-refractivity contribution in [2.24, 2.45) is 11.8 Å². The molecule has 1 aliphatic carbocycles. The van der Waals surface area contributed by atoms with Crippen molar-refractivity contribution in [3.63, 3.8) is 0 Å². The van der Waals surface area contributed by atoms with Crippen LogP contribution in [0.3, 0.4) is 0 Å². The molecule has 4 atom stereocenters. The Bertz CT molecular complexity index is 1740. The summed E-state index contributed by atoms with van der Waals surface area (Å²) in [6.45, 7) is 6.91. The molecule has 3 fully saturated rings. The monoisotopic (exact) mass is 803 g/mol. The Labute approximate surface area is 340 Å². The molecule has 6 rings (SSSR count). The zero-order chi connectivity index (χ0) is 40.0. The molecule has 1 saturated carbocycles. The highest BCUT2D eigenvalue weighted by atomic mass is 32.1. The fraction of sp³-hybridized carbons (Fsp3) is 0.605. The number of aromatic nitrogens is 1. The Balaban J connectivity index is 1.18. The third-order valence-electron chi connectivity index (χ3n) is 11.9. The van der Waals surface area contributed by atoms with E-state index in [1.54, 1.807) is 5.51 Å². The minimum atomic E-state index is -1.12. The van der Waals surface area contributed by atoms with Crippen molar-refractivity contribution in [1.29, 1.82) is 0 Å². The Morgan fingerprint density at radius 2 is 1.65 bits per heavy atom. The van der Waals surface area contributed by atoms with Gasteiger partial charge in [0.1, 0.15) is 6.04 Å². The molecule has 310 valence electrons. The van der Waals surface area contributed by atoms with Crippen molar-refractivity contribution >= 4 is 45.7 Å². The van der Waals surface area contributed by atoms with E-state index < -0.39 is 30.0 Å². The number of ether oxygens (including phenoxy) is 1. The Morgan fingerprint density at radius 1 is 0.895 bits per heavy atom. The number of hydrogen-bond acceptors (Lipinski definition) is 10. The van der Waals surface area contributed by atoms with Crippen LogP contribution in [0, 0.1) is 11.8 Å². The highest BCUT2D eigenvalue weighted by Gasteiger charge is 2.34. The summed E-state index contributed by atoms with van der Waals surface area (Å²) in [7, 11) is 2.04. The van der Waals surface area contributed by atoms with Crippen LogP contribution in [0.5, 0.6) is 0 Å². The van der Waals surface area contributed by atoms with Gasteiger partial charge in [0.25, 0.3) is 0 Å². The summed E-state index contributed by atoms with van der Waals surface area (Å²) in [5.41, 5.74) is 3.31. The van der Waals surface area contributed by atoms with Crippen molar-refractivity contribution in [2.75, 3.05) is 72.6 Å². The molecule has 4 N–H and O–H groups in total. The molecule has 4 amide bonds. The predicted molar refractivity (Wildman–Crippen MR) is 222 cm³/mol. The summed E-state index contributed by atoms with van der Waals surface area (Å²) >= 11 is 1.41. The van der Waals surface area contributed by atoms with E-state index in [0.717, 1.165) is 68.2 Å². The Morgan fingerprint density at radius 3 is 2.40 bits per heavy atom. The number of carbonyl (C=O) groups is 4. The number of nitrogens with one attached hydrogen (secondary N) is 3. The lowest BCUT2D eigenvalue weighted by molar-refractivity contribution is -0.138. The van der Waals surface area contributed by atoms with Crippen molar-refractivity contribution in [1.82, 2.24) is 35.6 Å². The molecule has 2 saturated heterocycles. The van der Waals surface area contributed by atoms with Gasteiger partial charge in [0.15, 0.2) is 0 Å². The standard InChI is InChI=1S/C43H61N7O6S/c1-48-16-18-50(19-17-48)41(53)26-34(25-33-12-7-11-32-10-5-6-13-36(32)33)42(54)47-38(27-35-29-57-30-45-35)43(55)46-37(24-31-8-3-2-4-9-31)39(51)28-40(52)44-14-15-49-20-22-56-23-21-49/h5-7,10-13,29-31,34,37-39,51H,2-4,8-9,14-28H2,1H3,(H,44,52)(H,46,55)(H,47,54)/t34-,37+,38+,39+/m1/s1. The van der Waals surface area contributed by atoms with E-state index in [2.05, 4.69) is 30.7 Å². The van der Waals surface area contributed by atoms with Crippen LogP contribution in [0.1, 0.15) is 62.6 Å².